The SMILES string of the molecule is COC(=O)c1cccc2c1SC(c1ccc(OC)cc1)C(OC(C)=O)C(=O)N2CCN(C)C. The number of benzene rings is 2. The molecule has 9 heteroatoms. The zero-order valence-corrected chi connectivity index (χ0v) is 20.2. The van der Waals surface area contributed by atoms with Gasteiger partial charge in [0.2, 0.25) is 0 Å². The topological polar surface area (TPSA) is 85.4 Å². The Morgan fingerprint density at radius 1 is 1.09 bits per heavy atom. The van der Waals surface area contributed by atoms with Crippen molar-refractivity contribution in [2.75, 3.05) is 46.3 Å². The molecule has 0 saturated carbocycles. The number of rotatable bonds is 7. The molecule has 0 radical (unpaired) electrons. The summed E-state index contributed by atoms with van der Waals surface area (Å²) in [6.07, 6.45) is -1.08. The number of anilines is 1. The zero-order valence-electron chi connectivity index (χ0n) is 19.4. The highest BCUT2D eigenvalue weighted by molar-refractivity contribution is 8.00. The van der Waals surface area contributed by atoms with Crippen LogP contribution in [-0.4, -0.2) is 70.3 Å². The third-order valence-corrected chi connectivity index (χ3v) is 6.67. The molecule has 2 unspecified atom stereocenters. The molecule has 0 spiro atoms. The third-order valence-electron chi connectivity index (χ3n) is 5.23. The van der Waals surface area contributed by atoms with Crippen molar-refractivity contribution in [1.29, 1.82) is 0 Å². The molecule has 33 heavy (non-hydrogen) atoms. The zero-order chi connectivity index (χ0) is 24.1. The molecule has 1 heterocycles. The van der Waals surface area contributed by atoms with Crippen LogP contribution in [0.2, 0.25) is 0 Å². The summed E-state index contributed by atoms with van der Waals surface area (Å²) in [5, 5.41) is -0.582. The number of hydrogen-bond donors (Lipinski definition) is 0. The summed E-state index contributed by atoms with van der Waals surface area (Å²) in [5.41, 5.74) is 1.70. The number of thioether (sulfide) groups is 1. The smallest absolute Gasteiger partial charge is 0.339 e. The Kier molecular flexibility index (Phi) is 7.99. The van der Waals surface area contributed by atoms with Crippen molar-refractivity contribution in [2.24, 2.45) is 0 Å². The number of carbonyl (C=O) groups is 3. The van der Waals surface area contributed by atoms with Gasteiger partial charge in [0, 0.05) is 24.9 Å². The molecule has 2 aromatic carbocycles. The fraction of sp³-hybridized carbons (Fsp3) is 0.375. The molecule has 0 saturated heterocycles. The largest absolute Gasteiger partial charge is 0.497 e. The van der Waals surface area contributed by atoms with Crippen molar-refractivity contribution in [2.45, 2.75) is 23.2 Å². The molecule has 0 N–H and O–H groups in total. The number of fused-ring (bicyclic) bond motifs is 1. The molecule has 1 aliphatic heterocycles. The molecule has 2 atom stereocenters. The van der Waals surface area contributed by atoms with Gasteiger partial charge in [-0.05, 0) is 43.9 Å². The first-order chi connectivity index (χ1) is 15.8. The van der Waals surface area contributed by atoms with Crippen LogP contribution < -0.4 is 9.64 Å². The van der Waals surface area contributed by atoms with E-state index in [4.69, 9.17) is 14.2 Å². The summed E-state index contributed by atoms with van der Waals surface area (Å²) < 4.78 is 15.8. The second-order valence-corrected chi connectivity index (χ2v) is 8.93. The molecular formula is C24H28N2O6S. The molecule has 0 aromatic heterocycles. The summed E-state index contributed by atoms with van der Waals surface area (Å²) in [7, 11) is 6.71. The van der Waals surface area contributed by atoms with E-state index in [1.165, 1.54) is 25.8 Å². The van der Waals surface area contributed by atoms with Gasteiger partial charge in [-0.15, -0.1) is 11.8 Å². The van der Waals surface area contributed by atoms with Gasteiger partial charge in [-0.3, -0.25) is 9.59 Å². The molecular weight excluding hydrogens is 444 g/mol. The van der Waals surface area contributed by atoms with E-state index in [1.54, 1.807) is 42.3 Å². The van der Waals surface area contributed by atoms with Crippen molar-refractivity contribution >= 4 is 35.3 Å². The van der Waals surface area contributed by atoms with Crippen LogP contribution >= 0.6 is 11.8 Å². The lowest BCUT2D eigenvalue weighted by molar-refractivity contribution is -0.152. The maximum absolute atomic E-state index is 13.8. The normalized spacial score (nSPS) is 17.9. The average Bonchev–Trinajstić information content (AvgIpc) is 2.91. The fourth-order valence-corrected chi connectivity index (χ4v) is 5.00. The van der Waals surface area contributed by atoms with Gasteiger partial charge in [0.1, 0.15) is 5.75 Å². The minimum Gasteiger partial charge on any atom is -0.497 e. The maximum atomic E-state index is 13.8. The van der Waals surface area contributed by atoms with Crippen LogP contribution in [0, 0.1) is 0 Å². The van der Waals surface area contributed by atoms with E-state index >= 15 is 0 Å². The molecule has 0 bridgehead atoms. The summed E-state index contributed by atoms with van der Waals surface area (Å²) in [6, 6.07) is 12.4. The van der Waals surface area contributed by atoms with Gasteiger partial charge in [0.15, 0.2) is 6.10 Å². The van der Waals surface area contributed by atoms with Gasteiger partial charge in [-0.1, -0.05) is 18.2 Å². The summed E-state index contributed by atoms with van der Waals surface area (Å²) in [6.45, 7) is 2.22. The molecule has 1 amide bonds. The Balaban J connectivity index is 2.19. The third kappa shape index (κ3) is 5.48. The first-order valence-corrected chi connectivity index (χ1v) is 11.3. The number of hydrogen-bond acceptors (Lipinski definition) is 8. The Bertz CT molecular complexity index is 1020. The van der Waals surface area contributed by atoms with E-state index in [9.17, 15) is 14.4 Å². The van der Waals surface area contributed by atoms with E-state index in [0.717, 1.165) is 5.56 Å². The van der Waals surface area contributed by atoms with Crippen molar-refractivity contribution in [1.82, 2.24) is 4.90 Å². The van der Waals surface area contributed by atoms with Gasteiger partial charge < -0.3 is 24.0 Å². The van der Waals surface area contributed by atoms with Crippen molar-refractivity contribution < 1.29 is 28.6 Å². The number of nitrogens with zero attached hydrogens (tertiary/aromatic N) is 2. The Labute approximate surface area is 197 Å². The number of carbonyl (C=O) groups excluding carboxylic acids is 3. The quantitative estimate of drug-likeness (QED) is 0.568. The molecule has 176 valence electrons. The Morgan fingerprint density at radius 3 is 2.36 bits per heavy atom. The predicted molar refractivity (Wildman–Crippen MR) is 126 cm³/mol. The monoisotopic (exact) mass is 472 g/mol. The number of esters is 2. The van der Waals surface area contributed by atoms with Crippen molar-refractivity contribution in [3.63, 3.8) is 0 Å². The number of ether oxygens (including phenoxy) is 3. The summed E-state index contributed by atoms with van der Waals surface area (Å²) in [5.74, 6) is -0.741. The highest BCUT2D eigenvalue weighted by Gasteiger charge is 2.42. The first kappa shape index (κ1) is 24.6. The molecule has 1 aliphatic rings. The average molecular weight is 473 g/mol. The highest BCUT2D eigenvalue weighted by Crippen LogP contribution is 2.48. The lowest BCUT2D eigenvalue weighted by Crippen LogP contribution is -2.45. The van der Waals surface area contributed by atoms with E-state index in [-0.39, 0.29) is 5.91 Å². The Morgan fingerprint density at radius 2 is 1.79 bits per heavy atom. The number of methoxy groups -OCH3 is 2. The first-order valence-electron chi connectivity index (χ1n) is 10.4. The van der Waals surface area contributed by atoms with E-state index in [2.05, 4.69) is 0 Å². The molecule has 3 rings (SSSR count). The van der Waals surface area contributed by atoms with Crippen LogP contribution in [0.5, 0.6) is 5.75 Å². The molecule has 2 aromatic rings. The van der Waals surface area contributed by atoms with Gasteiger partial charge >= 0.3 is 11.9 Å². The van der Waals surface area contributed by atoms with Crippen LogP contribution in [0.25, 0.3) is 0 Å². The summed E-state index contributed by atoms with van der Waals surface area (Å²) >= 11 is 1.31. The number of amides is 1. The fourth-order valence-electron chi connectivity index (χ4n) is 3.58. The van der Waals surface area contributed by atoms with E-state index in [0.29, 0.717) is 35.0 Å². The lowest BCUT2D eigenvalue weighted by atomic mass is 10.1. The molecule has 0 aliphatic carbocycles. The van der Waals surface area contributed by atoms with Crippen LogP contribution in [-0.2, 0) is 19.1 Å². The van der Waals surface area contributed by atoms with Gasteiger partial charge in [-0.25, -0.2) is 4.79 Å². The maximum Gasteiger partial charge on any atom is 0.339 e. The number of likely N-dealkylation sites (N-methyl/N-ethyl adjacent to an activating group) is 1. The van der Waals surface area contributed by atoms with Gasteiger partial charge in [0.25, 0.3) is 5.91 Å². The second kappa shape index (κ2) is 10.7. The minimum atomic E-state index is -1.08. The summed E-state index contributed by atoms with van der Waals surface area (Å²) in [4.78, 5) is 42.5. The van der Waals surface area contributed by atoms with Crippen molar-refractivity contribution in [3.05, 3.63) is 53.6 Å². The predicted octanol–water partition coefficient (Wildman–Crippen LogP) is 3.16. The van der Waals surface area contributed by atoms with Crippen LogP contribution in [0.3, 0.4) is 0 Å². The highest BCUT2D eigenvalue weighted by atomic mass is 32.2. The van der Waals surface area contributed by atoms with Gasteiger partial charge in [-0.2, -0.15) is 0 Å². The second-order valence-electron chi connectivity index (χ2n) is 7.78. The minimum absolute atomic E-state index is 0.346. The molecule has 8 nitrogen and oxygen atoms in total. The molecule has 0 fully saturated rings. The van der Waals surface area contributed by atoms with Crippen molar-refractivity contribution in [3.8, 4) is 5.75 Å². The lowest BCUT2D eigenvalue weighted by Gasteiger charge is -2.28. The van der Waals surface area contributed by atoms with E-state index < -0.39 is 23.3 Å². The van der Waals surface area contributed by atoms with Crippen LogP contribution in [0.1, 0.15) is 28.1 Å². The van der Waals surface area contributed by atoms with Crippen LogP contribution in [0.15, 0.2) is 47.4 Å². The van der Waals surface area contributed by atoms with Gasteiger partial charge in [0.05, 0.1) is 30.7 Å². The van der Waals surface area contributed by atoms with E-state index in [1.807, 2.05) is 31.1 Å². The standard InChI is InChI=1S/C24H28N2O6S/c1-15(27)32-20-21(16-9-11-17(30-4)12-10-16)33-22-18(24(29)31-5)7-6-8-19(22)26(23(20)28)14-13-25(2)3/h6-12,20-21H,13-14H2,1-5H3. The van der Waals surface area contributed by atoms with Crippen LogP contribution in [0.4, 0.5) is 5.69 Å². The Hall–Kier alpha value is -3.04.